The molecule has 6 heteroatoms. The SMILES string of the molecule is CC(=O)N1CCN(c2cccc(NC(=O)CCCOc3ccccc3)c2)CC1. The molecule has 0 spiro atoms. The lowest BCUT2D eigenvalue weighted by atomic mass is 10.2. The van der Waals surface area contributed by atoms with E-state index in [9.17, 15) is 9.59 Å². The Morgan fingerprint density at radius 3 is 2.46 bits per heavy atom. The first-order valence-corrected chi connectivity index (χ1v) is 9.70. The molecule has 148 valence electrons. The Kier molecular flexibility index (Phi) is 6.89. The summed E-state index contributed by atoms with van der Waals surface area (Å²) in [7, 11) is 0. The van der Waals surface area contributed by atoms with E-state index in [1.54, 1.807) is 6.92 Å². The lowest BCUT2D eigenvalue weighted by Crippen LogP contribution is -2.48. The molecule has 2 amide bonds. The van der Waals surface area contributed by atoms with Crippen LogP contribution < -0.4 is 15.0 Å². The van der Waals surface area contributed by atoms with Gasteiger partial charge in [-0.3, -0.25) is 9.59 Å². The highest BCUT2D eigenvalue weighted by Crippen LogP contribution is 2.21. The van der Waals surface area contributed by atoms with Crippen molar-refractivity contribution in [3.05, 3.63) is 54.6 Å². The van der Waals surface area contributed by atoms with Crippen molar-refractivity contribution in [3.8, 4) is 5.75 Å². The van der Waals surface area contributed by atoms with E-state index in [0.717, 1.165) is 43.3 Å². The van der Waals surface area contributed by atoms with E-state index < -0.39 is 0 Å². The molecule has 1 heterocycles. The number of piperazine rings is 1. The van der Waals surface area contributed by atoms with E-state index in [1.807, 2.05) is 59.5 Å². The van der Waals surface area contributed by atoms with Gasteiger partial charge in [0.2, 0.25) is 11.8 Å². The minimum atomic E-state index is -0.0183. The number of carbonyl (C=O) groups excluding carboxylic acids is 2. The number of nitrogens with zero attached hydrogens (tertiary/aromatic N) is 2. The summed E-state index contributed by atoms with van der Waals surface area (Å²) in [6, 6.07) is 17.5. The van der Waals surface area contributed by atoms with Crippen LogP contribution in [0.1, 0.15) is 19.8 Å². The number of rotatable bonds is 7. The van der Waals surface area contributed by atoms with Crippen LogP contribution in [-0.2, 0) is 9.59 Å². The van der Waals surface area contributed by atoms with Crippen LogP contribution >= 0.6 is 0 Å². The Balaban J connectivity index is 1.43. The van der Waals surface area contributed by atoms with Crippen molar-refractivity contribution < 1.29 is 14.3 Å². The first-order chi connectivity index (χ1) is 13.6. The number of carbonyl (C=O) groups is 2. The van der Waals surface area contributed by atoms with Crippen molar-refractivity contribution >= 4 is 23.2 Å². The Hall–Kier alpha value is -3.02. The number of hydrogen-bond acceptors (Lipinski definition) is 4. The van der Waals surface area contributed by atoms with E-state index in [-0.39, 0.29) is 11.8 Å². The Bertz CT molecular complexity index is 787. The third-order valence-corrected chi connectivity index (χ3v) is 4.78. The molecular formula is C22H27N3O3. The van der Waals surface area contributed by atoms with Gasteiger partial charge in [0.15, 0.2) is 0 Å². The van der Waals surface area contributed by atoms with Gasteiger partial charge in [-0.15, -0.1) is 0 Å². The summed E-state index contributed by atoms with van der Waals surface area (Å²) in [5.74, 6) is 0.924. The summed E-state index contributed by atoms with van der Waals surface area (Å²) < 4.78 is 5.62. The fraction of sp³-hybridized carbons (Fsp3) is 0.364. The monoisotopic (exact) mass is 381 g/mol. The van der Waals surface area contributed by atoms with Crippen LogP contribution in [-0.4, -0.2) is 49.5 Å². The van der Waals surface area contributed by atoms with Crippen molar-refractivity contribution in [2.24, 2.45) is 0 Å². The fourth-order valence-electron chi connectivity index (χ4n) is 3.22. The van der Waals surface area contributed by atoms with E-state index in [0.29, 0.717) is 19.4 Å². The number of hydrogen-bond donors (Lipinski definition) is 1. The van der Waals surface area contributed by atoms with Gasteiger partial charge in [-0.2, -0.15) is 0 Å². The summed E-state index contributed by atoms with van der Waals surface area (Å²) >= 11 is 0. The van der Waals surface area contributed by atoms with Gasteiger partial charge in [-0.05, 0) is 36.8 Å². The quantitative estimate of drug-likeness (QED) is 0.749. The Labute approximate surface area is 166 Å². The van der Waals surface area contributed by atoms with E-state index >= 15 is 0 Å². The maximum absolute atomic E-state index is 12.2. The molecule has 3 rings (SSSR count). The molecule has 0 bridgehead atoms. The molecule has 1 N–H and O–H groups in total. The number of benzene rings is 2. The second-order valence-electron chi connectivity index (χ2n) is 6.86. The predicted molar refractivity (Wildman–Crippen MR) is 111 cm³/mol. The average Bonchev–Trinajstić information content (AvgIpc) is 2.72. The third kappa shape index (κ3) is 5.74. The lowest BCUT2D eigenvalue weighted by molar-refractivity contribution is -0.129. The molecule has 0 saturated carbocycles. The maximum atomic E-state index is 12.2. The zero-order valence-corrected chi connectivity index (χ0v) is 16.3. The summed E-state index contributed by atoms with van der Waals surface area (Å²) in [6.45, 7) is 5.18. The number of ether oxygens (including phenoxy) is 1. The molecule has 0 aliphatic carbocycles. The molecule has 0 atom stereocenters. The van der Waals surface area contributed by atoms with Gasteiger partial charge in [0, 0.05) is 50.9 Å². The van der Waals surface area contributed by atoms with Crippen molar-refractivity contribution in [2.75, 3.05) is 43.0 Å². The molecule has 2 aromatic rings. The van der Waals surface area contributed by atoms with Gasteiger partial charge in [-0.1, -0.05) is 24.3 Å². The summed E-state index contributed by atoms with van der Waals surface area (Å²) in [6.07, 6.45) is 1.07. The standard InChI is InChI=1S/C22H27N3O3/c1-18(26)24-12-14-25(15-13-24)20-8-5-7-19(17-20)23-22(27)11-6-16-28-21-9-3-2-4-10-21/h2-5,7-10,17H,6,11-16H2,1H3,(H,23,27). The van der Waals surface area contributed by atoms with Gasteiger partial charge in [0.1, 0.15) is 5.75 Å². The molecule has 28 heavy (non-hydrogen) atoms. The number of amides is 2. The lowest BCUT2D eigenvalue weighted by Gasteiger charge is -2.35. The number of nitrogens with one attached hydrogen (secondary N) is 1. The highest BCUT2D eigenvalue weighted by molar-refractivity contribution is 5.91. The van der Waals surface area contributed by atoms with Gasteiger partial charge >= 0.3 is 0 Å². The average molecular weight is 381 g/mol. The van der Waals surface area contributed by atoms with Crippen LogP contribution in [0.5, 0.6) is 5.75 Å². The van der Waals surface area contributed by atoms with Gasteiger partial charge in [-0.25, -0.2) is 0 Å². The molecule has 1 fully saturated rings. The van der Waals surface area contributed by atoms with Crippen LogP contribution in [0.4, 0.5) is 11.4 Å². The zero-order chi connectivity index (χ0) is 19.8. The molecular weight excluding hydrogens is 354 g/mol. The zero-order valence-electron chi connectivity index (χ0n) is 16.3. The molecule has 6 nitrogen and oxygen atoms in total. The molecule has 1 saturated heterocycles. The Morgan fingerprint density at radius 2 is 1.75 bits per heavy atom. The van der Waals surface area contributed by atoms with Crippen molar-refractivity contribution in [2.45, 2.75) is 19.8 Å². The highest BCUT2D eigenvalue weighted by atomic mass is 16.5. The predicted octanol–water partition coefficient (Wildman–Crippen LogP) is 3.15. The second-order valence-corrected chi connectivity index (χ2v) is 6.86. The van der Waals surface area contributed by atoms with Crippen LogP contribution in [0.3, 0.4) is 0 Å². The number of para-hydroxylation sites is 1. The molecule has 0 aromatic heterocycles. The van der Waals surface area contributed by atoms with E-state index in [2.05, 4.69) is 10.2 Å². The van der Waals surface area contributed by atoms with Crippen LogP contribution in [0.2, 0.25) is 0 Å². The third-order valence-electron chi connectivity index (χ3n) is 4.78. The topological polar surface area (TPSA) is 61.9 Å². The first-order valence-electron chi connectivity index (χ1n) is 9.70. The van der Waals surface area contributed by atoms with Crippen LogP contribution in [0.15, 0.2) is 54.6 Å². The minimum Gasteiger partial charge on any atom is -0.494 e. The smallest absolute Gasteiger partial charge is 0.224 e. The summed E-state index contributed by atoms with van der Waals surface area (Å²) in [4.78, 5) is 27.8. The first kappa shape index (κ1) is 19.7. The highest BCUT2D eigenvalue weighted by Gasteiger charge is 2.19. The second kappa shape index (κ2) is 9.78. The summed E-state index contributed by atoms with van der Waals surface area (Å²) in [5.41, 5.74) is 1.86. The minimum absolute atomic E-state index is 0.0183. The van der Waals surface area contributed by atoms with Crippen molar-refractivity contribution in [1.29, 1.82) is 0 Å². The molecule has 1 aliphatic rings. The number of anilines is 2. The molecule has 0 radical (unpaired) electrons. The van der Waals surface area contributed by atoms with E-state index in [1.165, 1.54) is 0 Å². The summed E-state index contributed by atoms with van der Waals surface area (Å²) in [5, 5.41) is 2.96. The largest absolute Gasteiger partial charge is 0.494 e. The Morgan fingerprint density at radius 1 is 1.00 bits per heavy atom. The van der Waals surface area contributed by atoms with Crippen molar-refractivity contribution in [3.63, 3.8) is 0 Å². The normalized spacial score (nSPS) is 13.9. The van der Waals surface area contributed by atoms with Crippen LogP contribution in [0, 0.1) is 0 Å². The van der Waals surface area contributed by atoms with E-state index in [4.69, 9.17) is 4.74 Å². The molecule has 2 aromatic carbocycles. The maximum Gasteiger partial charge on any atom is 0.224 e. The molecule has 0 unspecified atom stereocenters. The molecule has 1 aliphatic heterocycles. The van der Waals surface area contributed by atoms with Gasteiger partial charge in [0.25, 0.3) is 0 Å². The fourth-order valence-corrected chi connectivity index (χ4v) is 3.22. The van der Waals surface area contributed by atoms with Gasteiger partial charge in [0.05, 0.1) is 6.61 Å². The van der Waals surface area contributed by atoms with Crippen LogP contribution in [0.25, 0.3) is 0 Å². The van der Waals surface area contributed by atoms with Crippen molar-refractivity contribution in [1.82, 2.24) is 4.90 Å². The van der Waals surface area contributed by atoms with Gasteiger partial charge < -0.3 is 19.9 Å².